The van der Waals surface area contributed by atoms with Crippen LogP contribution >= 0.6 is 0 Å². The Morgan fingerprint density at radius 1 is 1.00 bits per heavy atom. The van der Waals surface area contributed by atoms with Crippen LogP contribution < -0.4 is 0 Å². The third-order valence-electron chi connectivity index (χ3n) is 6.53. The quantitative estimate of drug-likeness (QED) is 0.675. The summed E-state index contributed by atoms with van der Waals surface area (Å²) in [7, 11) is 2.26. The summed E-state index contributed by atoms with van der Waals surface area (Å²) in [5, 5.41) is 4.31. The van der Waals surface area contributed by atoms with Crippen LogP contribution in [0.5, 0.6) is 0 Å². The zero-order valence-electron chi connectivity index (χ0n) is 15.9. The summed E-state index contributed by atoms with van der Waals surface area (Å²) in [5.41, 5.74) is 3.71. The van der Waals surface area contributed by atoms with Crippen molar-refractivity contribution in [2.75, 3.05) is 7.05 Å². The van der Waals surface area contributed by atoms with E-state index in [1.165, 1.54) is 24.0 Å². The van der Waals surface area contributed by atoms with E-state index in [4.69, 9.17) is 9.51 Å². The minimum atomic E-state index is 0.251. The molecule has 0 spiro atoms. The molecule has 4 nitrogen and oxygen atoms in total. The van der Waals surface area contributed by atoms with Crippen molar-refractivity contribution in [1.82, 2.24) is 15.0 Å². The van der Waals surface area contributed by atoms with Gasteiger partial charge in [-0.25, -0.2) is 0 Å². The van der Waals surface area contributed by atoms with Gasteiger partial charge >= 0.3 is 0 Å². The molecule has 5 rings (SSSR count). The number of aromatic nitrogens is 2. The van der Waals surface area contributed by atoms with E-state index in [0.29, 0.717) is 23.8 Å². The molecule has 3 aromatic rings. The lowest BCUT2D eigenvalue weighted by molar-refractivity contribution is 0.120. The maximum Gasteiger partial charge on any atom is 0.232 e. The van der Waals surface area contributed by atoms with E-state index in [2.05, 4.69) is 48.3 Å². The second-order valence-electron chi connectivity index (χ2n) is 8.06. The van der Waals surface area contributed by atoms with Crippen LogP contribution in [0.15, 0.2) is 59.1 Å². The fraction of sp³-hybridized carbons (Fsp3) is 0.391. The summed E-state index contributed by atoms with van der Waals surface area (Å²) >= 11 is 0. The summed E-state index contributed by atoms with van der Waals surface area (Å²) in [6, 6.07) is 20.2. The largest absolute Gasteiger partial charge is 0.339 e. The molecule has 0 radical (unpaired) electrons. The summed E-state index contributed by atoms with van der Waals surface area (Å²) in [6.07, 6.45) is 3.63. The number of hydrogen-bond donors (Lipinski definition) is 0. The van der Waals surface area contributed by atoms with E-state index in [1.54, 1.807) is 0 Å². The highest BCUT2D eigenvalue weighted by Gasteiger charge is 2.48. The molecule has 2 aliphatic heterocycles. The molecular formula is C23H25N3O. The van der Waals surface area contributed by atoms with Gasteiger partial charge in [-0.15, -0.1) is 0 Å². The Kier molecular flexibility index (Phi) is 4.09. The van der Waals surface area contributed by atoms with Gasteiger partial charge in [0.25, 0.3) is 0 Å². The van der Waals surface area contributed by atoms with E-state index < -0.39 is 0 Å². The Hall–Kier alpha value is -2.46. The highest BCUT2D eigenvalue weighted by atomic mass is 16.5. The van der Waals surface area contributed by atoms with Gasteiger partial charge in [-0.3, -0.25) is 4.90 Å². The summed E-state index contributed by atoms with van der Waals surface area (Å²) in [5.74, 6) is 2.16. The van der Waals surface area contributed by atoms with Gasteiger partial charge in [0.2, 0.25) is 11.7 Å². The third kappa shape index (κ3) is 2.88. The molecule has 4 atom stereocenters. The highest BCUT2D eigenvalue weighted by molar-refractivity contribution is 5.53. The Morgan fingerprint density at radius 3 is 2.56 bits per heavy atom. The molecule has 27 heavy (non-hydrogen) atoms. The Morgan fingerprint density at radius 2 is 1.78 bits per heavy atom. The topological polar surface area (TPSA) is 42.2 Å². The molecule has 0 amide bonds. The van der Waals surface area contributed by atoms with E-state index in [1.807, 2.05) is 30.3 Å². The fourth-order valence-corrected chi connectivity index (χ4v) is 5.03. The molecule has 3 heterocycles. The molecule has 1 aromatic heterocycles. The van der Waals surface area contributed by atoms with Crippen LogP contribution in [0.2, 0.25) is 0 Å². The average molecular weight is 359 g/mol. The molecule has 4 heteroatoms. The maximum atomic E-state index is 5.85. The molecule has 2 bridgehead atoms. The number of piperidine rings is 1. The first-order chi connectivity index (χ1) is 13.2. The van der Waals surface area contributed by atoms with Crippen molar-refractivity contribution in [2.24, 2.45) is 0 Å². The average Bonchev–Trinajstić information content (AvgIpc) is 3.26. The van der Waals surface area contributed by atoms with Crippen LogP contribution in [0, 0.1) is 6.92 Å². The minimum Gasteiger partial charge on any atom is -0.339 e. The van der Waals surface area contributed by atoms with Crippen molar-refractivity contribution in [3.05, 3.63) is 71.6 Å². The predicted molar refractivity (Wildman–Crippen MR) is 106 cm³/mol. The van der Waals surface area contributed by atoms with Crippen LogP contribution in [0.1, 0.15) is 48.1 Å². The molecule has 0 aliphatic carbocycles. The molecular weight excluding hydrogens is 334 g/mol. The van der Waals surface area contributed by atoms with Gasteiger partial charge in [0, 0.05) is 17.6 Å². The number of aryl methyl sites for hydroxylation is 1. The number of nitrogens with zero attached hydrogens (tertiary/aromatic N) is 3. The molecule has 3 unspecified atom stereocenters. The van der Waals surface area contributed by atoms with Crippen molar-refractivity contribution in [3.63, 3.8) is 0 Å². The summed E-state index contributed by atoms with van der Waals surface area (Å²) in [4.78, 5) is 7.39. The number of fused-ring (bicyclic) bond motifs is 2. The zero-order chi connectivity index (χ0) is 18.4. The Balaban J connectivity index is 1.54. The first-order valence-electron chi connectivity index (χ1n) is 9.88. The molecule has 2 aliphatic rings. The first-order valence-corrected chi connectivity index (χ1v) is 9.88. The fourth-order valence-electron chi connectivity index (χ4n) is 5.03. The second-order valence-corrected chi connectivity index (χ2v) is 8.06. The molecule has 2 fully saturated rings. The Labute approximate surface area is 160 Å². The number of likely N-dealkylation sites (N-methyl/N-ethyl adjacent to an activating group) is 1. The molecule has 138 valence electrons. The molecule has 2 saturated heterocycles. The van der Waals surface area contributed by atoms with Gasteiger partial charge in [-0.1, -0.05) is 65.3 Å². The van der Waals surface area contributed by atoms with E-state index >= 15 is 0 Å². The van der Waals surface area contributed by atoms with Gasteiger partial charge in [-0.2, -0.15) is 4.98 Å². The molecule has 2 aromatic carbocycles. The predicted octanol–water partition coefficient (Wildman–Crippen LogP) is 4.78. The van der Waals surface area contributed by atoms with Crippen LogP contribution in [0.25, 0.3) is 11.4 Å². The van der Waals surface area contributed by atoms with Crippen LogP contribution in [-0.2, 0) is 0 Å². The number of hydrogen-bond acceptors (Lipinski definition) is 4. The highest BCUT2D eigenvalue weighted by Crippen LogP contribution is 2.50. The first kappa shape index (κ1) is 16.7. The SMILES string of the molecule is Cc1ccc([C@H]2CC3CCC(C2c2nc(-c4ccccc4)no2)N3C)cc1. The van der Waals surface area contributed by atoms with Crippen molar-refractivity contribution in [2.45, 2.75) is 50.1 Å². The van der Waals surface area contributed by atoms with Crippen LogP contribution in [0.3, 0.4) is 0 Å². The van der Waals surface area contributed by atoms with Crippen LogP contribution in [-0.4, -0.2) is 34.2 Å². The smallest absolute Gasteiger partial charge is 0.232 e. The number of benzene rings is 2. The Bertz CT molecular complexity index is 918. The van der Waals surface area contributed by atoms with Crippen molar-refractivity contribution in [1.29, 1.82) is 0 Å². The normalized spacial score (nSPS) is 27.8. The van der Waals surface area contributed by atoms with E-state index in [-0.39, 0.29) is 5.92 Å². The van der Waals surface area contributed by atoms with Crippen LogP contribution in [0.4, 0.5) is 0 Å². The van der Waals surface area contributed by atoms with Gasteiger partial charge in [0.15, 0.2) is 0 Å². The van der Waals surface area contributed by atoms with Gasteiger partial charge in [0.1, 0.15) is 0 Å². The van der Waals surface area contributed by atoms with Crippen molar-refractivity contribution < 1.29 is 4.52 Å². The van der Waals surface area contributed by atoms with Crippen molar-refractivity contribution in [3.8, 4) is 11.4 Å². The minimum absolute atomic E-state index is 0.251. The standard InChI is InChI=1S/C23H25N3O/c1-15-8-10-16(11-9-15)19-14-18-12-13-20(26(18)2)21(19)23-24-22(25-27-23)17-6-4-3-5-7-17/h3-11,18-21H,12-14H2,1-2H3/t18?,19-,20?,21?/m1/s1. The summed E-state index contributed by atoms with van der Waals surface area (Å²) in [6.45, 7) is 2.14. The maximum absolute atomic E-state index is 5.85. The van der Waals surface area contributed by atoms with Gasteiger partial charge in [-0.05, 0) is 44.7 Å². The molecule has 0 saturated carbocycles. The molecule has 0 N–H and O–H groups in total. The third-order valence-corrected chi connectivity index (χ3v) is 6.53. The lowest BCUT2D eigenvalue weighted by Crippen LogP contribution is -2.44. The monoisotopic (exact) mass is 359 g/mol. The zero-order valence-corrected chi connectivity index (χ0v) is 15.9. The number of rotatable bonds is 3. The van der Waals surface area contributed by atoms with Crippen molar-refractivity contribution >= 4 is 0 Å². The lowest BCUT2D eigenvalue weighted by atomic mass is 9.76. The summed E-state index contributed by atoms with van der Waals surface area (Å²) < 4.78 is 5.85. The van der Waals surface area contributed by atoms with Gasteiger partial charge < -0.3 is 4.52 Å². The lowest BCUT2D eigenvalue weighted by Gasteiger charge is -2.41. The van der Waals surface area contributed by atoms with E-state index in [9.17, 15) is 0 Å². The van der Waals surface area contributed by atoms with E-state index in [0.717, 1.165) is 17.9 Å². The second kappa shape index (κ2) is 6.61. The van der Waals surface area contributed by atoms with Gasteiger partial charge in [0.05, 0.1) is 5.92 Å².